The summed E-state index contributed by atoms with van der Waals surface area (Å²) in [6.07, 6.45) is 0.00478. The van der Waals surface area contributed by atoms with Crippen LogP contribution < -0.4 is 0 Å². The van der Waals surface area contributed by atoms with Crippen LogP contribution in [0, 0.1) is 17.3 Å². The summed E-state index contributed by atoms with van der Waals surface area (Å²) in [7, 11) is 1.28. The fourth-order valence-corrected chi connectivity index (χ4v) is 2.42. The molecular formula is C10H14Cl2F2O2. The Balaban J connectivity index is 2.61. The first kappa shape index (κ1) is 14.0. The van der Waals surface area contributed by atoms with Crippen molar-refractivity contribution in [2.75, 3.05) is 7.11 Å². The first-order chi connectivity index (χ1) is 7.12. The van der Waals surface area contributed by atoms with Gasteiger partial charge in [0, 0.05) is 0 Å². The smallest absolute Gasteiger partial charge is 0.337 e. The van der Waals surface area contributed by atoms with Crippen molar-refractivity contribution in [2.24, 2.45) is 17.3 Å². The number of methoxy groups -OCH3 is 1. The summed E-state index contributed by atoms with van der Waals surface area (Å²) in [5.41, 5.74) is -0.345. The van der Waals surface area contributed by atoms with Crippen LogP contribution in [0.15, 0.2) is 0 Å². The van der Waals surface area contributed by atoms with E-state index in [2.05, 4.69) is 4.74 Å². The van der Waals surface area contributed by atoms with Crippen LogP contribution in [0.4, 0.5) is 8.78 Å². The van der Waals surface area contributed by atoms with E-state index in [-0.39, 0.29) is 29.6 Å². The van der Waals surface area contributed by atoms with Crippen molar-refractivity contribution in [3.63, 3.8) is 0 Å². The maximum absolute atomic E-state index is 12.7. The van der Waals surface area contributed by atoms with E-state index in [4.69, 9.17) is 23.2 Å². The van der Waals surface area contributed by atoms with Gasteiger partial charge in [-0.15, -0.1) is 11.6 Å². The zero-order valence-electron chi connectivity index (χ0n) is 9.27. The molecule has 0 aromatic rings. The van der Waals surface area contributed by atoms with Gasteiger partial charge in [0.2, 0.25) is 0 Å². The van der Waals surface area contributed by atoms with Crippen LogP contribution in [0.2, 0.25) is 0 Å². The van der Waals surface area contributed by atoms with Gasteiger partial charge < -0.3 is 4.74 Å². The summed E-state index contributed by atoms with van der Waals surface area (Å²) >= 11 is 10.3. The number of hydrogen-bond donors (Lipinski definition) is 0. The lowest BCUT2D eigenvalue weighted by atomic mass is 10.1. The Morgan fingerprint density at radius 1 is 1.56 bits per heavy atom. The standard InChI is InChI=1S/C10H14Cl2F2O2/c1-9(2)5(7(9)8(15)16-3)4-6(11)10(12,13)14/h5-7H,4H2,1-3H3. The number of alkyl halides is 4. The maximum Gasteiger partial charge on any atom is 0.337 e. The fraction of sp³-hybridized carbons (Fsp3) is 0.900. The zero-order chi connectivity index (χ0) is 12.7. The van der Waals surface area contributed by atoms with Gasteiger partial charge in [-0.2, -0.15) is 8.78 Å². The summed E-state index contributed by atoms with van der Waals surface area (Å²) in [6, 6.07) is 0. The SMILES string of the molecule is COC(=O)C1C(CC(Cl)C(F)(F)Cl)C1(C)C. The van der Waals surface area contributed by atoms with Gasteiger partial charge in [-0.3, -0.25) is 4.79 Å². The highest BCUT2D eigenvalue weighted by molar-refractivity contribution is 6.30. The summed E-state index contributed by atoms with van der Waals surface area (Å²) < 4.78 is 30.0. The quantitative estimate of drug-likeness (QED) is 0.581. The minimum Gasteiger partial charge on any atom is -0.469 e. The molecule has 0 N–H and O–H groups in total. The molecule has 1 saturated carbocycles. The number of hydrogen-bond acceptors (Lipinski definition) is 2. The number of carbonyl (C=O) groups excluding carboxylic acids is 1. The Bertz CT molecular complexity index is 289. The van der Waals surface area contributed by atoms with E-state index in [0.717, 1.165) is 0 Å². The summed E-state index contributed by atoms with van der Waals surface area (Å²) in [4.78, 5) is 11.3. The van der Waals surface area contributed by atoms with Crippen LogP contribution in [0.3, 0.4) is 0 Å². The highest BCUT2D eigenvalue weighted by Gasteiger charge is 2.63. The molecule has 16 heavy (non-hydrogen) atoms. The van der Waals surface area contributed by atoms with Crippen LogP contribution in [0.5, 0.6) is 0 Å². The molecule has 0 aliphatic heterocycles. The second-order valence-electron chi connectivity index (χ2n) is 4.67. The molecule has 1 fully saturated rings. The molecule has 0 radical (unpaired) electrons. The van der Waals surface area contributed by atoms with E-state index in [9.17, 15) is 13.6 Å². The average Bonchev–Trinajstić information content (AvgIpc) is 2.65. The molecule has 0 aromatic heterocycles. The average molecular weight is 275 g/mol. The third kappa shape index (κ3) is 2.59. The normalized spacial score (nSPS) is 29.7. The van der Waals surface area contributed by atoms with Crippen molar-refractivity contribution in [1.29, 1.82) is 0 Å². The minimum absolute atomic E-state index is 0.00478. The molecule has 3 atom stereocenters. The third-order valence-electron chi connectivity index (χ3n) is 3.32. The molecule has 0 heterocycles. The van der Waals surface area contributed by atoms with Gasteiger partial charge >= 0.3 is 11.4 Å². The summed E-state index contributed by atoms with van der Waals surface area (Å²) in [5, 5.41) is -4.91. The van der Waals surface area contributed by atoms with Crippen LogP contribution in [-0.4, -0.2) is 23.8 Å². The lowest BCUT2D eigenvalue weighted by molar-refractivity contribution is -0.143. The predicted octanol–water partition coefficient (Wildman–Crippen LogP) is 3.26. The van der Waals surface area contributed by atoms with Crippen molar-refractivity contribution < 1.29 is 18.3 Å². The third-order valence-corrected chi connectivity index (χ3v) is 4.15. The molecule has 6 heteroatoms. The second-order valence-corrected chi connectivity index (χ2v) is 5.70. The second kappa shape index (κ2) is 4.30. The zero-order valence-corrected chi connectivity index (χ0v) is 10.8. The van der Waals surface area contributed by atoms with Gasteiger partial charge in [-0.1, -0.05) is 13.8 Å². The number of esters is 1. The minimum atomic E-state index is -3.44. The Morgan fingerprint density at radius 3 is 2.44 bits per heavy atom. The van der Waals surface area contributed by atoms with E-state index in [1.165, 1.54) is 7.11 Å². The number of carbonyl (C=O) groups is 1. The Kier molecular flexibility index (Phi) is 3.75. The highest BCUT2D eigenvalue weighted by atomic mass is 35.5. The fourth-order valence-electron chi connectivity index (χ4n) is 2.14. The van der Waals surface area contributed by atoms with Crippen molar-refractivity contribution in [2.45, 2.75) is 31.0 Å². The van der Waals surface area contributed by atoms with E-state index < -0.39 is 10.8 Å². The largest absolute Gasteiger partial charge is 0.469 e. The molecule has 2 nitrogen and oxygen atoms in total. The predicted molar refractivity (Wildman–Crippen MR) is 57.8 cm³/mol. The molecule has 3 unspecified atom stereocenters. The van der Waals surface area contributed by atoms with E-state index in [1.54, 1.807) is 0 Å². The summed E-state index contributed by atoms with van der Waals surface area (Å²) in [5.74, 6) is -0.943. The lowest BCUT2D eigenvalue weighted by Crippen LogP contribution is -2.23. The molecule has 0 spiro atoms. The van der Waals surface area contributed by atoms with E-state index >= 15 is 0 Å². The topological polar surface area (TPSA) is 26.3 Å². The van der Waals surface area contributed by atoms with Gasteiger partial charge in [0.1, 0.15) is 5.38 Å². The van der Waals surface area contributed by atoms with Crippen molar-refractivity contribution in [1.82, 2.24) is 0 Å². The lowest BCUT2D eigenvalue weighted by Gasteiger charge is -2.15. The molecule has 1 aliphatic rings. The molecule has 0 amide bonds. The molecule has 0 aromatic carbocycles. The maximum atomic E-state index is 12.7. The van der Waals surface area contributed by atoms with Crippen LogP contribution in [0.1, 0.15) is 20.3 Å². The van der Waals surface area contributed by atoms with Gasteiger partial charge in [0.15, 0.2) is 0 Å². The molecule has 94 valence electrons. The van der Waals surface area contributed by atoms with E-state index in [0.29, 0.717) is 0 Å². The van der Waals surface area contributed by atoms with Crippen LogP contribution >= 0.6 is 23.2 Å². The summed E-state index contributed by atoms with van der Waals surface area (Å²) in [6.45, 7) is 3.66. The monoisotopic (exact) mass is 274 g/mol. The van der Waals surface area contributed by atoms with Gasteiger partial charge in [0.25, 0.3) is 0 Å². The molecular weight excluding hydrogens is 261 g/mol. The first-order valence-corrected chi connectivity index (χ1v) is 5.72. The van der Waals surface area contributed by atoms with E-state index in [1.807, 2.05) is 13.8 Å². The van der Waals surface area contributed by atoms with Gasteiger partial charge in [0.05, 0.1) is 13.0 Å². The number of halogens is 4. The Hall–Kier alpha value is -0.0900. The van der Waals surface area contributed by atoms with Gasteiger partial charge in [-0.25, -0.2) is 0 Å². The molecule has 0 saturated heterocycles. The van der Waals surface area contributed by atoms with Crippen LogP contribution in [0.25, 0.3) is 0 Å². The van der Waals surface area contributed by atoms with Gasteiger partial charge in [-0.05, 0) is 29.4 Å². The Labute approximate surface area is 103 Å². The van der Waals surface area contributed by atoms with Crippen molar-refractivity contribution in [3.8, 4) is 0 Å². The number of rotatable bonds is 4. The molecule has 1 aliphatic carbocycles. The number of ether oxygens (including phenoxy) is 1. The van der Waals surface area contributed by atoms with Crippen LogP contribution in [-0.2, 0) is 9.53 Å². The first-order valence-electron chi connectivity index (χ1n) is 4.91. The molecule has 1 rings (SSSR count). The van der Waals surface area contributed by atoms with Crippen molar-refractivity contribution >= 4 is 29.2 Å². The Morgan fingerprint density at radius 2 is 2.06 bits per heavy atom. The van der Waals surface area contributed by atoms with Crippen molar-refractivity contribution in [3.05, 3.63) is 0 Å². The highest BCUT2D eigenvalue weighted by Crippen LogP contribution is 2.61. The molecule has 0 bridgehead atoms.